The third-order valence-corrected chi connectivity index (χ3v) is 3.65. The molecule has 2 rings (SSSR count). The van der Waals surface area contributed by atoms with Crippen LogP contribution in [-0.2, 0) is 20.0 Å². The van der Waals surface area contributed by atoms with Crippen LogP contribution in [-0.4, -0.2) is 14.8 Å². The highest BCUT2D eigenvalue weighted by Crippen LogP contribution is 2.18. The molecule has 0 aliphatic heterocycles. The molecule has 2 aromatic heterocycles. The van der Waals surface area contributed by atoms with Crippen LogP contribution in [0, 0.1) is 6.92 Å². The molecule has 0 aromatic carbocycles. The lowest BCUT2D eigenvalue weighted by Gasteiger charge is -2.07. The van der Waals surface area contributed by atoms with Crippen LogP contribution < -0.4 is 5.32 Å². The molecule has 0 fully saturated rings. The second-order valence-electron chi connectivity index (χ2n) is 4.31. The first-order chi connectivity index (χ1) is 8.60. The minimum absolute atomic E-state index is 0.778. The van der Waals surface area contributed by atoms with Crippen LogP contribution in [0.25, 0.3) is 0 Å². The highest BCUT2D eigenvalue weighted by molar-refractivity contribution is 9.10. The summed E-state index contributed by atoms with van der Waals surface area (Å²) in [7, 11) is 1.95. The molecule has 4 nitrogen and oxygen atoms in total. The van der Waals surface area contributed by atoms with E-state index < -0.39 is 0 Å². The zero-order chi connectivity index (χ0) is 13.1. The van der Waals surface area contributed by atoms with Crippen LogP contribution in [0.2, 0.25) is 0 Å². The topological polar surface area (TPSA) is 42.7 Å². The van der Waals surface area contributed by atoms with Gasteiger partial charge in [-0.25, -0.2) is 4.98 Å². The van der Waals surface area contributed by atoms with E-state index in [9.17, 15) is 0 Å². The summed E-state index contributed by atoms with van der Waals surface area (Å²) in [4.78, 5) is 4.27. The molecule has 1 N–H and O–H groups in total. The third-order valence-electron chi connectivity index (χ3n) is 2.82. The van der Waals surface area contributed by atoms with E-state index >= 15 is 0 Å². The maximum atomic E-state index is 4.43. The van der Waals surface area contributed by atoms with E-state index in [-0.39, 0.29) is 0 Å². The van der Waals surface area contributed by atoms with Gasteiger partial charge in [-0.3, -0.25) is 4.68 Å². The van der Waals surface area contributed by atoms with Crippen molar-refractivity contribution >= 4 is 21.6 Å². The average molecular weight is 309 g/mol. The number of pyridine rings is 1. The number of anilines is 1. The molecule has 0 atom stereocenters. The van der Waals surface area contributed by atoms with Crippen molar-refractivity contribution in [1.82, 2.24) is 14.8 Å². The first-order valence-electron chi connectivity index (χ1n) is 5.97. The quantitative estimate of drug-likeness (QED) is 0.883. The second-order valence-corrected chi connectivity index (χ2v) is 5.06. The Balaban J connectivity index is 2.08. The van der Waals surface area contributed by atoms with Crippen molar-refractivity contribution in [3.05, 3.63) is 39.9 Å². The van der Waals surface area contributed by atoms with E-state index in [1.54, 1.807) is 0 Å². The molecule has 0 saturated carbocycles. The summed E-state index contributed by atoms with van der Waals surface area (Å²) in [6.45, 7) is 4.93. The van der Waals surface area contributed by atoms with Crippen molar-refractivity contribution in [2.45, 2.75) is 26.8 Å². The van der Waals surface area contributed by atoms with Crippen molar-refractivity contribution in [2.75, 3.05) is 5.32 Å². The van der Waals surface area contributed by atoms with E-state index in [2.05, 4.69) is 50.5 Å². The number of nitrogens with one attached hydrogen (secondary N) is 1. The lowest BCUT2D eigenvalue weighted by molar-refractivity contribution is 0.746. The van der Waals surface area contributed by atoms with Gasteiger partial charge in [-0.05, 0) is 40.9 Å². The molecule has 0 radical (unpaired) electrons. The molecule has 2 heterocycles. The van der Waals surface area contributed by atoms with Crippen molar-refractivity contribution in [3.63, 3.8) is 0 Å². The van der Waals surface area contributed by atoms with Crippen molar-refractivity contribution in [3.8, 4) is 0 Å². The minimum Gasteiger partial charge on any atom is -0.380 e. The number of hydrogen-bond acceptors (Lipinski definition) is 3. The Bertz CT molecular complexity index is 548. The van der Waals surface area contributed by atoms with Gasteiger partial charge in [-0.15, -0.1) is 0 Å². The van der Waals surface area contributed by atoms with Gasteiger partial charge in [0.1, 0.15) is 4.60 Å². The molecule has 0 amide bonds. The van der Waals surface area contributed by atoms with Gasteiger partial charge in [-0.1, -0.05) is 6.92 Å². The van der Waals surface area contributed by atoms with E-state index in [0.29, 0.717) is 0 Å². The lowest BCUT2D eigenvalue weighted by Crippen LogP contribution is -2.02. The van der Waals surface area contributed by atoms with Crippen LogP contribution in [0.3, 0.4) is 0 Å². The van der Waals surface area contributed by atoms with Crippen molar-refractivity contribution < 1.29 is 0 Å². The maximum Gasteiger partial charge on any atom is 0.109 e. The van der Waals surface area contributed by atoms with Gasteiger partial charge >= 0.3 is 0 Å². The summed E-state index contributed by atoms with van der Waals surface area (Å²) >= 11 is 3.40. The largest absolute Gasteiger partial charge is 0.380 e. The average Bonchev–Trinajstić information content (AvgIpc) is 2.71. The van der Waals surface area contributed by atoms with E-state index in [0.717, 1.165) is 34.5 Å². The summed E-state index contributed by atoms with van der Waals surface area (Å²) < 4.78 is 2.75. The Kier molecular flexibility index (Phi) is 4.01. The first-order valence-corrected chi connectivity index (χ1v) is 6.77. The summed E-state index contributed by atoms with van der Waals surface area (Å²) in [5.74, 6) is 0. The fourth-order valence-corrected chi connectivity index (χ4v) is 2.10. The third kappa shape index (κ3) is 2.90. The highest BCUT2D eigenvalue weighted by Gasteiger charge is 2.06. The Hall–Kier alpha value is -1.36. The van der Waals surface area contributed by atoms with Gasteiger partial charge in [0.05, 0.1) is 17.6 Å². The van der Waals surface area contributed by atoms with Crippen LogP contribution in [0.5, 0.6) is 0 Å². The van der Waals surface area contributed by atoms with Crippen LogP contribution in [0.15, 0.2) is 23.1 Å². The zero-order valence-corrected chi connectivity index (χ0v) is 12.5. The second kappa shape index (κ2) is 5.52. The van der Waals surface area contributed by atoms with Gasteiger partial charge < -0.3 is 5.32 Å². The number of aryl methyl sites for hydroxylation is 3. The summed E-state index contributed by atoms with van der Waals surface area (Å²) in [6.07, 6.45) is 4.85. The number of aromatic nitrogens is 3. The molecule has 0 aliphatic carbocycles. The van der Waals surface area contributed by atoms with Crippen LogP contribution in [0.1, 0.15) is 23.7 Å². The number of hydrogen-bond donors (Lipinski definition) is 1. The predicted molar refractivity (Wildman–Crippen MR) is 76.6 cm³/mol. The fraction of sp³-hybridized carbons (Fsp3) is 0.385. The van der Waals surface area contributed by atoms with Gasteiger partial charge in [0.15, 0.2) is 0 Å². The Morgan fingerprint density at radius 2 is 2.22 bits per heavy atom. The summed E-state index contributed by atoms with van der Waals surface area (Å²) in [6, 6.07) is 2.08. The van der Waals surface area contributed by atoms with E-state index in [4.69, 9.17) is 0 Å². The normalized spacial score (nSPS) is 10.7. The Morgan fingerprint density at radius 3 is 2.89 bits per heavy atom. The van der Waals surface area contributed by atoms with Crippen LogP contribution in [0.4, 0.5) is 5.69 Å². The van der Waals surface area contributed by atoms with Crippen LogP contribution >= 0.6 is 15.9 Å². The van der Waals surface area contributed by atoms with Gasteiger partial charge in [0.25, 0.3) is 0 Å². The zero-order valence-electron chi connectivity index (χ0n) is 10.9. The fourth-order valence-electron chi connectivity index (χ4n) is 1.88. The molecular weight excluding hydrogens is 292 g/mol. The molecule has 5 heteroatoms. The maximum absolute atomic E-state index is 4.43. The SMILES string of the molecule is CCc1nn(C)cc1CNc1cnc(Br)c(C)c1. The molecule has 0 bridgehead atoms. The van der Waals surface area contributed by atoms with Gasteiger partial charge in [0.2, 0.25) is 0 Å². The minimum atomic E-state index is 0.778. The number of rotatable bonds is 4. The molecular formula is C13H17BrN4. The van der Waals surface area contributed by atoms with Crippen molar-refractivity contribution in [2.24, 2.45) is 7.05 Å². The summed E-state index contributed by atoms with van der Waals surface area (Å²) in [5.41, 5.74) is 4.54. The Morgan fingerprint density at radius 1 is 1.44 bits per heavy atom. The molecule has 2 aromatic rings. The van der Waals surface area contributed by atoms with Gasteiger partial charge in [-0.2, -0.15) is 5.10 Å². The summed E-state index contributed by atoms with van der Waals surface area (Å²) in [5, 5.41) is 7.81. The first kappa shape index (κ1) is 13.1. The van der Waals surface area contributed by atoms with E-state index in [1.807, 2.05) is 24.9 Å². The molecule has 0 saturated heterocycles. The molecule has 96 valence electrons. The number of halogens is 1. The Labute approximate surface area is 116 Å². The van der Waals surface area contributed by atoms with Gasteiger partial charge in [0, 0.05) is 25.4 Å². The van der Waals surface area contributed by atoms with Crippen molar-refractivity contribution in [1.29, 1.82) is 0 Å². The number of nitrogens with zero attached hydrogens (tertiary/aromatic N) is 3. The smallest absolute Gasteiger partial charge is 0.109 e. The molecule has 0 aliphatic rings. The lowest BCUT2D eigenvalue weighted by atomic mass is 10.2. The standard InChI is InChI=1S/C13H17BrN4/c1-4-12-10(8-18(3)17-12)6-15-11-5-9(2)13(14)16-7-11/h5,7-8,15H,4,6H2,1-3H3. The molecule has 0 spiro atoms. The monoisotopic (exact) mass is 308 g/mol. The highest BCUT2D eigenvalue weighted by atomic mass is 79.9. The molecule has 0 unspecified atom stereocenters. The predicted octanol–water partition coefficient (Wildman–Crippen LogP) is 3.06. The van der Waals surface area contributed by atoms with E-state index in [1.165, 1.54) is 5.56 Å². The molecule has 18 heavy (non-hydrogen) atoms.